The normalized spacial score (nSPS) is 14.2. The van der Waals surface area contributed by atoms with Crippen molar-refractivity contribution in [1.29, 1.82) is 0 Å². The van der Waals surface area contributed by atoms with Crippen molar-refractivity contribution in [2.75, 3.05) is 37.6 Å². The van der Waals surface area contributed by atoms with Gasteiger partial charge in [-0.25, -0.2) is 4.98 Å². The molecule has 5 heterocycles. The summed E-state index contributed by atoms with van der Waals surface area (Å²) in [7, 11) is 0. The fourth-order valence-electron chi connectivity index (χ4n) is 4.68. The van der Waals surface area contributed by atoms with Crippen LogP contribution in [0.2, 0.25) is 5.15 Å². The molecule has 0 bridgehead atoms. The number of aromatic amines is 2. The predicted octanol–water partition coefficient (Wildman–Crippen LogP) is 3.72. The summed E-state index contributed by atoms with van der Waals surface area (Å²) < 4.78 is 1.98. The number of fused-ring (bicyclic) bond motifs is 1. The molecule has 2 N–H and O–H groups in total. The number of unbranched alkanes of at least 4 members (excludes halogenated alkanes) is 1. The highest BCUT2D eigenvalue weighted by Gasteiger charge is 2.18. The van der Waals surface area contributed by atoms with Gasteiger partial charge in [0.1, 0.15) is 11.0 Å². The van der Waals surface area contributed by atoms with Crippen molar-refractivity contribution < 1.29 is 0 Å². The molecule has 1 aliphatic rings. The van der Waals surface area contributed by atoms with Gasteiger partial charge in [0, 0.05) is 68.0 Å². The Kier molecular flexibility index (Phi) is 7.12. The number of anilines is 1. The van der Waals surface area contributed by atoms with E-state index in [4.69, 9.17) is 11.6 Å². The van der Waals surface area contributed by atoms with Crippen LogP contribution in [0.4, 0.5) is 5.82 Å². The second-order valence-electron chi connectivity index (χ2n) is 9.23. The largest absolute Gasteiger partial charge is 0.363 e. The van der Waals surface area contributed by atoms with E-state index in [0.717, 1.165) is 73.7 Å². The van der Waals surface area contributed by atoms with E-state index in [1.54, 1.807) is 6.20 Å². The molecule has 186 valence electrons. The molecule has 0 amide bonds. The fraction of sp³-hybridized carbons (Fsp3) is 0.370. The number of H-pyrrole nitrogens is 2. The third kappa shape index (κ3) is 5.03. The van der Waals surface area contributed by atoms with Crippen molar-refractivity contribution in [3.8, 4) is 11.8 Å². The van der Waals surface area contributed by atoms with Gasteiger partial charge in [-0.2, -0.15) is 5.10 Å². The molecule has 0 saturated carbocycles. The van der Waals surface area contributed by atoms with E-state index in [1.165, 1.54) is 0 Å². The summed E-state index contributed by atoms with van der Waals surface area (Å²) in [6, 6.07) is 6.06. The van der Waals surface area contributed by atoms with Gasteiger partial charge in [0.15, 0.2) is 11.1 Å². The monoisotopic (exact) mass is 503 g/mol. The first kappa shape index (κ1) is 24.2. The van der Waals surface area contributed by atoms with E-state index in [1.807, 2.05) is 42.9 Å². The first-order valence-corrected chi connectivity index (χ1v) is 12.7. The lowest BCUT2D eigenvalue weighted by molar-refractivity contribution is 0.255. The summed E-state index contributed by atoms with van der Waals surface area (Å²) >= 11 is 6.40. The molecular weight excluding hydrogens is 474 g/mol. The number of piperazine rings is 1. The minimum Gasteiger partial charge on any atom is -0.363 e. The highest BCUT2D eigenvalue weighted by Crippen LogP contribution is 2.26. The van der Waals surface area contributed by atoms with Crippen LogP contribution in [0.1, 0.15) is 35.2 Å². The first-order chi connectivity index (χ1) is 17.5. The molecule has 1 saturated heterocycles. The van der Waals surface area contributed by atoms with E-state index in [-0.39, 0.29) is 5.43 Å². The maximum Gasteiger partial charge on any atom is 0.187 e. The summed E-state index contributed by atoms with van der Waals surface area (Å²) in [5, 5.41) is 8.53. The SMILES string of the molecule is Cc1c[nH]c(Cn2cc(C#CCCCN3CCN(c4ccccn4)CC3)c3c(Cl)[nH]nc32)c(C)c1=O. The van der Waals surface area contributed by atoms with Crippen molar-refractivity contribution in [2.24, 2.45) is 0 Å². The predicted molar refractivity (Wildman–Crippen MR) is 144 cm³/mol. The zero-order valence-electron chi connectivity index (χ0n) is 20.6. The topological polar surface area (TPSA) is 85.8 Å². The standard InChI is InChI=1S/C27H30ClN7O/c1-19-16-30-22(20(2)25(19)36)18-35-17-21(24-26(28)31-32-27(24)35)8-4-3-7-11-33-12-14-34(15-13-33)23-9-5-6-10-29-23/h5-6,9-10,16-17H,3,7,11-15,18H2,1-2H3,(H,30,36)(H,31,32). The Morgan fingerprint density at radius 3 is 2.78 bits per heavy atom. The summed E-state index contributed by atoms with van der Waals surface area (Å²) in [6.45, 7) is 9.26. The molecule has 4 aromatic heterocycles. The van der Waals surface area contributed by atoms with Crippen LogP contribution in [0.25, 0.3) is 11.0 Å². The van der Waals surface area contributed by atoms with Crippen LogP contribution in [0.3, 0.4) is 0 Å². The van der Waals surface area contributed by atoms with Crippen LogP contribution in [0, 0.1) is 25.7 Å². The van der Waals surface area contributed by atoms with Crippen LogP contribution in [-0.4, -0.2) is 62.4 Å². The molecule has 0 aromatic carbocycles. The highest BCUT2D eigenvalue weighted by atomic mass is 35.5. The molecule has 9 heteroatoms. The third-order valence-electron chi connectivity index (χ3n) is 6.82. The summed E-state index contributed by atoms with van der Waals surface area (Å²) in [6.07, 6.45) is 7.40. The Balaban J connectivity index is 1.20. The zero-order chi connectivity index (χ0) is 25.1. The second-order valence-corrected chi connectivity index (χ2v) is 9.61. The molecule has 0 atom stereocenters. The van der Waals surface area contributed by atoms with Gasteiger partial charge in [-0.05, 0) is 38.9 Å². The smallest absolute Gasteiger partial charge is 0.187 e. The van der Waals surface area contributed by atoms with Gasteiger partial charge < -0.3 is 14.5 Å². The number of nitrogens with one attached hydrogen (secondary N) is 2. The number of hydrogen-bond donors (Lipinski definition) is 2. The average Bonchev–Trinajstić information content (AvgIpc) is 3.45. The van der Waals surface area contributed by atoms with Gasteiger partial charge in [-0.1, -0.05) is 29.5 Å². The maximum atomic E-state index is 12.3. The Morgan fingerprint density at radius 1 is 1.17 bits per heavy atom. The molecule has 1 fully saturated rings. The van der Waals surface area contributed by atoms with E-state index in [0.29, 0.717) is 22.8 Å². The molecular formula is C27H30ClN7O. The maximum absolute atomic E-state index is 12.3. The van der Waals surface area contributed by atoms with Crippen molar-refractivity contribution >= 4 is 28.5 Å². The number of pyridine rings is 2. The van der Waals surface area contributed by atoms with Crippen LogP contribution in [-0.2, 0) is 6.54 Å². The summed E-state index contributed by atoms with van der Waals surface area (Å²) in [4.78, 5) is 24.9. The van der Waals surface area contributed by atoms with Gasteiger partial charge >= 0.3 is 0 Å². The lowest BCUT2D eigenvalue weighted by Gasteiger charge is -2.35. The van der Waals surface area contributed by atoms with Crippen LogP contribution >= 0.6 is 11.6 Å². The molecule has 0 spiro atoms. The molecule has 0 unspecified atom stereocenters. The molecule has 1 aliphatic heterocycles. The van der Waals surface area contributed by atoms with Crippen LogP contribution in [0.15, 0.2) is 41.6 Å². The lowest BCUT2D eigenvalue weighted by Crippen LogP contribution is -2.46. The number of aryl methyl sites for hydroxylation is 1. The number of hydrogen-bond acceptors (Lipinski definition) is 5. The first-order valence-electron chi connectivity index (χ1n) is 12.3. The Labute approximate surface area is 215 Å². The van der Waals surface area contributed by atoms with Gasteiger partial charge in [0.25, 0.3) is 0 Å². The van der Waals surface area contributed by atoms with Gasteiger partial charge in [-0.15, -0.1) is 0 Å². The van der Waals surface area contributed by atoms with Crippen LogP contribution < -0.4 is 10.3 Å². The number of halogens is 1. The van der Waals surface area contributed by atoms with Gasteiger partial charge in [0.05, 0.1) is 17.5 Å². The minimum absolute atomic E-state index is 0.0605. The number of aromatic nitrogens is 5. The molecule has 5 rings (SSSR count). The van der Waals surface area contributed by atoms with Crippen molar-refractivity contribution in [3.63, 3.8) is 0 Å². The van der Waals surface area contributed by atoms with Crippen molar-refractivity contribution in [1.82, 2.24) is 29.6 Å². The highest BCUT2D eigenvalue weighted by molar-refractivity contribution is 6.34. The van der Waals surface area contributed by atoms with E-state index in [2.05, 4.69) is 47.9 Å². The Morgan fingerprint density at radius 2 is 2.00 bits per heavy atom. The zero-order valence-corrected chi connectivity index (χ0v) is 21.4. The van der Waals surface area contributed by atoms with E-state index < -0.39 is 0 Å². The third-order valence-corrected chi connectivity index (χ3v) is 7.09. The van der Waals surface area contributed by atoms with E-state index in [9.17, 15) is 4.79 Å². The summed E-state index contributed by atoms with van der Waals surface area (Å²) in [5.41, 5.74) is 3.91. The Bertz CT molecular complexity index is 1470. The number of nitrogens with zero attached hydrogens (tertiary/aromatic N) is 5. The van der Waals surface area contributed by atoms with Crippen molar-refractivity contribution in [3.05, 3.63) is 74.6 Å². The van der Waals surface area contributed by atoms with E-state index >= 15 is 0 Å². The Hall–Kier alpha value is -3.54. The second kappa shape index (κ2) is 10.6. The van der Waals surface area contributed by atoms with Crippen molar-refractivity contribution in [2.45, 2.75) is 33.2 Å². The molecule has 8 nitrogen and oxygen atoms in total. The molecule has 0 aliphatic carbocycles. The quantitative estimate of drug-likeness (QED) is 0.309. The average molecular weight is 504 g/mol. The van der Waals surface area contributed by atoms with Gasteiger partial charge in [0.2, 0.25) is 0 Å². The number of rotatable bonds is 6. The fourth-order valence-corrected chi connectivity index (χ4v) is 4.91. The molecule has 0 radical (unpaired) electrons. The van der Waals surface area contributed by atoms with Crippen LogP contribution in [0.5, 0.6) is 0 Å². The minimum atomic E-state index is 0.0605. The lowest BCUT2D eigenvalue weighted by atomic mass is 10.1. The molecule has 36 heavy (non-hydrogen) atoms. The van der Waals surface area contributed by atoms with Gasteiger partial charge in [-0.3, -0.25) is 14.8 Å². The molecule has 4 aromatic rings. The summed E-state index contributed by atoms with van der Waals surface area (Å²) in [5.74, 6) is 7.68.